The molecular weight excluding hydrogens is 267 g/mol. The van der Waals surface area contributed by atoms with Gasteiger partial charge in [-0.15, -0.1) is 0 Å². The molecule has 0 heterocycles. The molecule has 20 heavy (non-hydrogen) atoms. The highest BCUT2D eigenvalue weighted by molar-refractivity contribution is 5.30. The summed E-state index contributed by atoms with van der Waals surface area (Å²) in [6.45, 7) is 6.69. The van der Waals surface area contributed by atoms with E-state index in [9.17, 15) is 13.2 Å². The second-order valence-electron chi connectivity index (χ2n) is 5.12. The van der Waals surface area contributed by atoms with Gasteiger partial charge in [0.05, 0.1) is 5.56 Å². The first kappa shape index (κ1) is 16.8. The summed E-state index contributed by atoms with van der Waals surface area (Å²) in [6, 6.07) is 5.36. The van der Waals surface area contributed by atoms with Gasteiger partial charge >= 0.3 is 6.18 Å². The SMILES string of the molecule is CCCC(CNC(C)C)Oc1cccc(C(F)(F)F)c1. The molecule has 114 valence electrons. The first-order chi connectivity index (χ1) is 9.32. The summed E-state index contributed by atoms with van der Waals surface area (Å²) in [5, 5.41) is 3.25. The Balaban J connectivity index is 2.72. The van der Waals surface area contributed by atoms with Gasteiger partial charge < -0.3 is 10.1 Å². The number of benzene rings is 1. The topological polar surface area (TPSA) is 21.3 Å². The molecule has 0 aromatic heterocycles. The maximum absolute atomic E-state index is 12.6. The smallest absolute Gasteiger partial charge is 0.416 e. The van der Waals surface area contributed by atoms with Crippen LogP contribution in [0.4, 0.5) is 13.2 Å². The number of nitrogens with one attached hydrogen (secondary N) is 1. The van der Waals surface area contributed by atoms with Crippen LogP contribution in [0.25, 0.3) is 0 Å². The lowest BCUT2D eigenvalue weighted by Crippen LogP contribution is -2.35. The fraction of sp³-hybridized carbons (Fsp3) is 0.600. The summed E-state index contributed by atoms with van der Waals surface area (Å²) < 4.78 is 43.6. The zero-order valence-electron chi connectivity index (χ0n) is 12.1. The van der Waals surface area contributed by atoms with Gasteiger partial charge in [-0.1, -0.05) is 33.3 Å². The van der Waals surface area contributed by atoms with Crippen LogP contribution in [0.2, 0.25) is 0 Å². The summed E-state index contributed by atoms with van der Waals surface area (Å²) in [5.74, 6) is 0.267. The third kappa shape index (κ3) is 5.82. The quantitative estimate of drug-likeness (QED) is 0.810. The van der Waals surface area contributed by atoms with Crippen LogP contribution < -0.4 is 10.1 Å². The summed E-state index contributed by atoms with van der Waals surface area (Å²) in [6.07, 6.45) is -2.74. The molecule has 1 rings (SSSR count). The zero-order valence-corrected chi connectivity index (χ0v) is 12.1. The summed E-state index contributed by atoms with van der Waals surface area (Å²) in [5.41, 5.74) is -0.679. The molecule has 5 heteroatoms. The molecule has 0 saturated carbocycles. The second-order valence-corrected chi connectivity index (χ2v) is 5.12. The lowest BCUT2D eigenvalue weighted by Gasteiger charge is -2.21. The normalized spacial score (nSPS) is 13.6. The number of alkyl halides is 3. The van der Waals surface area contributed by atoms with Crippen molar-refractivity contribution in [1.29, 1.82) is 0 Å². The van der Waals surface area contributed by atoms with Crippen LogP contribution in [0.15, 0.2) is 24.3 Å². The number of hydrogen-bond donors (Lipinski definition) is 1. The number of halogens is 3. The number of rotatable bonds is 7. The molecule has 1 aromatic rings. The van der Waals surface area contributed by atoms with Gasteiger partial charge in [0.1, 0.15) is 11.9 Å². The fourth-order valence-electron chi connectivity index (χ4n) is 1.83. The van der Waals surface area contributed by atoms with Gasteiger partial charge in [-0.2, -0.15) is 13.2 Å². The molecule has 0 aliphatic carbocycles. The molecule has 0 bridgehead atoms. The van der Waals surface area contributed by atoms with Crippen LogP contribution in [0.5, 0.6) is 5.75 Å². The zero-order chi connectivity index (χ0) is 15.2. The highest BCUT2D eigenvalue weighted by atomic mass is 19.4. The molecule has 0 amide bonds. The number of hydrogen-bond acceptors (Lipinski definition) is 2. The lowest BCUT2D eigenvalue weighted by molar-refractivity contribution is -0.137. The fourth-order valence-corrected chi connectivity index (χ4v) is 1.83. The van der Waals surface area contributed by atoms with Crippen molar-refractivity contribution in [2.75, 3.05) is 6.54 Å². The van der Waals surface area contributed by atoms with Crippen LogP contribution in [0, 0.1) is 0 Å². The average molecular weight is 289 g/mol. The third-order valence-electron chi connectivity index (χ3n) is 2.83. The molecule has 0 aliphatic heterocycles. The van der Waals surface area contributed by atoms with Crippen molar-refractivity contribution >= 4 is 0 Å². The van der Waals surface area contributed by atoms with Gasteiger partial charge in [-0.3, -0.25) is 0 Å². The molecule has 0 saturated heterocycles. The highest BCUT2D eigenvalue weighted by Crippen LogP contribution is 2.31. The molecule has 0 radical (unpaired) electrons. The maximum atomic E-state index is 12.6. The van der Waals surface area contributed by atoms with Crippen LogP contribution in [-0.2, 0) is 6.18 Å². The molecule has 0 spiro atoms. The van der Waals surface area contributed by atoms with E-state index < -0.39 is 11.7 Å². The Labute approximate surface area is 118 Å². The van der Waals surface area contributed by atoms with Gasteiger partial charge in [0.2, 0.25) is 0 Å². The molecular formula is C15H22F3NO. The Morgan fingerprint density at radius 1 is 1.25 bits per heavy atom. The Morgan fingerprint density at radius 3 is 2.50 bits per heavy atom. The highest BCUT2D eigenvalue weighted by Gasteiger charge is 2.30. The van der Waals surface area contributed by atoms with E-state index in [1.54, 1.807) is 6.07 Å². The van der Waals surface area contributed by atoms with Gasteiger partial charge in [0, 0.05) is 12.6 Å². The van der Waals surface area contributed by atoms with Crippen molar-refractivity contribution in [1.82, 2.24) is 5.32 Å². The van der Waals surface area contributed by atoms with E-state index in [0.29, 0.717) is 12.6 Å². The van der Waals surface area contributed by atoms with E-state index >= 15 is 0 Å². The minimum Gasteiger partial charge on any atom is -0.489 e. The van der Waals surface area contributed by atoms with Crippen molar-refractivity contribution in [3.05, 3.63) is 29.8 Å². The van der Waals surface area contributed by atoms with E-state index in [1.165, 1.54) is 6.07 Å². The minimum atomic E-state index is -4.34. The lowest BCUT2D eigenvalue weighted by atomic mass is 10.2. The van der Waals surface area contributed by atoms with E-state index in [4.69, 9.17) is 4.74 Å². The van der Waals surface area contributed by atoms with Crippen molar-refractivity contribution in [3.63, 3.8) is 0 Å². The molecule has 0 aliphatic rings. The van der Waals surface area contributed by atoms with Crippen LogP contribution >= 0.6 is 0 Å². The minimum absolute atomic E-state index is 0.120. The van der Waals surface area contributed by atoms with Crippen molar-refractivity contribution in [2.45, 2.75) is 51.9 Å². The molecule has 1 N–H and O–H groups in total. The largest absolute Gasteiger partial charge is 0.489 e. The molecule has 1 unspecified atom stereocenters. The Kier molecular flexibility index (Phi) is 6.33. The number of ether oxygens (including phenoxy) is 1. The van der Waals surface area contributed by atoms with E-state index in [-0.39, 0.29) is 11.9 Å². The first-order valence-electron chi connectivity index (χ1n) is 6.90. The third-order valence-corrected chi connectivity index (χ3v) is 2.83. The van der Waals surface area contributed by atoms with Gasteiger partial charge in [-0.05, 0) is 24.6 Å². The Bertz CT molecular complexity index is 404. The van der Waals surface area contributed by atoms with Crippen LogP contribution in [-0.4, -0.2) is 18.7 Å². The van der Waals surface area contributed by atoms with Crippen LogP contribution in [0.1, 0.15) is 39.2 Å². The van der Waals surface area contributed by atoms with E-state index in [2.05, 4.69) is 5.32 Å². The first-order valence-corrected chi connectivity index (χ1v) is 6.90. The van der Waals surface area contributed by atoms with Gasteiger partial charge in [-0.25, -0.2) is 0 Å². The summed E-state index contributed by atoms with van der Waals surface area (Å²) >= 11 is 0. The standard InChI is InChI=1S/C15H22F3NO/c1-4-6-14(10-19-11(2)3)20-13-8-5-7-12(9-13)15(16,17)18/h5,7-9,11,14,19H,4,6,10H2,1-3H3. The molecule has 2 nitrogen and oxygen atoms in total. The van der Waals surface area contributed by atoms with E-state index in [1.807, 2.05) is 20.8 Å². The summed E-state index contributed by atoms with van der Waals surface area (Å²) in [7, 11) is 0. The predicted molar refractivity (Wildman–Crippen MR) is 73.9 cm³/mol. The molecule has 0 fully saturated rings. The van der Waals surface area contributed by atoms with E-state index in [0.717, 1.165) is 25.0 Å². The monoisotopic (exact) mass is 289 g/mol. The average Bonchev–Trinajstić information content (AvgIpc) is 2.35. The van der Waals surface area contributed by atoms with Gasteiger partial charge in [0.25, 0.3) is 0 Å². The summed E-state index contributed by atoms with van der Waals surface area (Å²) in [4.78, 5) is 0. The molecule has 1 aromatic carbocycles. The Morgan fingerprint density at radius 2 is 1.95 bits per heavy atom. The van der Waals surface area contributed by atoms with Gasteiger partial charge in [0.15, 0.2) is 0 Å². The molecule has 1 atom stereocenters. The predicted octanol–water partition coefficient (Wildman–Crippen LogP) is 4.25. The van der Waals surface area contributed by atoms with Crippen molar-refractivity contribution in [2.24, 2.45) is 0 Å². The van der Waals surface area contributed by atoms with Crippen LogP contribution in [0.3, 0.4) is 0 Å². The second kappa shape index (κ2) is 7.53. The van der Waals surface area contributed by atoms with Crippen molar-refractivity contribution < 1.29 is 17.9 Å². The Hall–Kier alpha value is -1.23. The maximum Gasteiger partial charge on any atom is 0.416 e. The van der Waals surface area contributed by atoms with Crippen molar-refractivity contribution in [3.8, 4) is 5.75 Å².